The third kappa shape index (κ3) is 3.25. The van der Waals surface area contributed by atoms with Crippen LogP contribution in [0.25, 0.3) is 0 Å². The monoisotopic (exact) mass is 486 g/mol. The number of carbonyl (C=O) groups is 3. The van der Waals surface area contributed by atoms with Crippen LogP contribution in [0.3, 0.4) is 0 Å². The number of cyclic esters (lactones) is 1. The molecular weight excluding hydrogens is 452 g/mol. The molecule has 0 spiro atoms. The molecule has 8 nitrogen and oxygen atoms in total. The zero-order valence-electron chi connectivity index (χ0n) is 21.1. The first-order chi connectivity index (χ1) is 16.2. The van der Waals surface area contributed by atoms with Crippen LogP contribution in [-0.4, -0.2) is 51.8 Å². The fraction of sp³-hybridized carbons (Fsp3) is 0.667. The molecule has 0 aromatic heterocycles. The van der Waals surface area contributed by atoms with Gasteiger partial charge in [0.2, 0.25) is 0 Å². The van der Waals surface area contributed by atoms with Crippen LogP contribution in [0.1, 0.15) is 75.9 Å². The number of hydrogen-bond acceptors (Lipinski definition) is 8. The number of aliphatic hydroxyl groups excluding tert-OH is 1. The van der Waals surface area contributed by atoms with Gasteiger partial charge in [-0.1, -0.05) is 20.8 Å². The van der Waals surface area contributed by atoms with Crippen LogP contribution in [0.5, 0.6) is 11.5 Å². The lowest BCUT2D eigenvalue weighted by atomic mass is 9.43. The highest BCUT2D eigenvalue weighted by molar-refractivity contribution is 5.96. The quantitative estimate of drug-likeness (QED) is 0.581. The van der Waals surface area contributed by atoms with Crippen molar-refractivity contribution in [2.45, 2.75) is 91.1 Å². The summed E-state index contributed by atoms with van der Waals surface area (Å²) < 4.78 is 17.4. The minimum atomic E-state index is -0.989. The molecular formula is C27H34O8. The lowest BCUT2D eigenvalue weighted by Gasteiger charge is -2.64. The molecule has 2 aliphatic carbocycles. The van der Waals surface area contributed by atoms with E-state index in [1.807, 2.05) is 27.7 Å². The van der Waals surface area contributed by atoms with Gasteiger partial charge >= 0.3 is 11.9 Å². The van der Waals surface area contributed by atoms with E-state index in [0.717, 1.165) is 5.56 Å². The Bertz CT molecular complexity index is 1140. The standard InChI is InChI=1S/C27H34O8/c1-12-7-15-14-8-20-26(5)11-18(34-13(2)28)23(31)25(3,4)19(26)10-21(30)27(20,6)35-17(14)9-16(29)22(15)24(32)33-12/h9,12,18-21,29-30H,7-8,10-11H2,1-6H3/t12-,18-,19-,20+,21-,26-,27+/m0/s1. The fourth-order valence-electron chi connectivity index (χ4n) is 7.73. The van der Waals surface area contributed by atoms with Crippen molar-refractivity contribution in [3.8, 4) is 11.5 Å². The van der Waals surface area contributed by atoms with Crippen LogP contribution in [0.15, 0.2) is 6.07 Å². The highest BCUT2D eigenvalue weighted by Crippen LogP contribution is 2.64. The SMILES string of the molecule is CC(=O)O[C@H]1C[C@]2(C)[C@H]3Cc4c(cc(O)c5c4C[C@H](C)OC5=O)O[C@@]3(C)[C@@H](O)C[C@H]2C(C)(C)C1=O. The number of ketones is 1. The molecule has 1 aromatic rings. The van der Waals surface area contributed by atoms with Crippen LogP contribution in [0.2, 0.25) is 0 Å². The molecule has 0 bridgehead atoms. The van der Waals surface area contributed by atoms with Crippen molar-refractivity contribution in [1.29, 1.82) is 0 Å². The van der Waals surface area contributed by atoms with E-state index in [4.69, 9.17) is 14.2 Å². The lowest BCUT2D eigenvalue weighted by Crippen LogP contribution is -2.70. The Morgan fingerprint density at radius 3 is 2.46 bits per heavy atom. The molecule has 0 amide bonds. The first kappa shape index (κ1) is 24.1. The molecule has 0 saturated heterocycles. The Morgan fingerprint density at radius 2 is 1.80 bits per heavy atom. The van der Waals surface area contributed by atoms with Gasteiger partial charge in [0.05, 0.1) is 6.10 Å². The average Bonchev–Trinajstić information content (AvgIpc) is 2.73. The number of fused-ring (bicyclic) bond motifs is 6. The summed E-state index contributed by atoms with van der Waals surface area (Å²) in [6, 6.07) is 1.45. The van der Waals surface area contributed by atoms with E-state index in [9.17, 15) is 24.6 Å². The fourth-order valence-corrected chi connectivity index (χ4v) is 7.73. The van der Waals surface area contributed by atoms with Crippen molar-refractivity contribution >= 4 is 17.7 Å². The van der Waals surface area contributed by atoms with Crippen molar-refractivity contribution in [3.63, 3.8) is 0 Å². The van der Waals surface area contributed by atoms with E-state index in [2.05, 4.69) is 6.92 Å². The van der Waals surface area contributed by atoms with E-state index in [1.165, 1.54) is 13.0 Å². The Hall–Kier alpha value is -2.61. The van der Waals surface area contributed by atoms with E-state index in [-0.39, 0.29) is 35.0 Å². The van der Waals surface area contributed by atoms with Gasteiger partial charge in [0.1, 0.15) is 28.8 Å². The van der Waals surface area contributed by atoms with Crippen molar-refractivity contribution in [2.75, 3.05) is 0 Å². The highest BCUT2D eigenvalue weighted by atomic mass is 16.6. The zero-order chi connectivity index (χ0) is 25.7. The van der Waals surface area contributed by atoms with Crippen molar-refractivity contribution in [3.05, 3.63) is 22.8 Å². The molecule has 8 heteroatoms. The second-order valence-electron chi connectivity index (χ2n) is 11.9. The van der Waals surface area contributed by atoms with Crippen molar-refractivity contribution in [2.24, 2.45) is 22.7 Å². The topological polar surface area (TPSA) is 119 Å². The summed E-state index contributed by atoms with van der Waals surface area (Å²) in [6.45, 7) is 10.9. The first-order valence-electron chi connectivity index (χ1n) is 12.4. The van der Waals surface area contributed by atoms with Gasteiger partial charge in [-0.15, -0.1) is 0 Å². The predicted octanol–water partition coefficient (Wildman–Crippen LogP) is 3.12. The molecule has 2 fully saturated rings. The van der Waals surface area contributed by atoms with Crippen LogP contribution < -0.4 is 4.74 Å². The van der Waals surface area contributed by atoms with Gasteiger partial charge in [-0.25, -0.2) is 4.79 Å². The third-order valence-corrected chi connectivity index (χ3v) is 9.37. The van der Waals surface area contributed by atoms with Gasteiger partial charge in [0.25, 0.3) is 0 Å². The third-order valence-electron chi connectivity index (χ3n) is 9.37. The summed E-state index contributed by atoms with van der Waals surface area (Å²) in [5, 5.41) is 22.0. The maximum Gasteiger partial charge on any atom is 0.342 e. The van der Waals surface area contributed by atoms with Gasteiger partial charge in [-0.3, -0.25) is 9.59 Å². The van der Waals surface area contributed by atoms with Gasteiger partial charge < -0.3 is 24.4 Å². The van der Waals surface area contributed by atoms with Gasteiger partial charge in [-0.2, -0.15) is 0 Å². The minimum Gasteiger partial charge on any atom is -0.507 e. The first-order valence-corrected chi connectivity index (χ1v) is 12.4. The summed E-state index contributed by atoms with van der Waals surface area (Å²) in [5.74, 6) is -1.30. The molecule has 0 radical (unpaired) electrons. The molecule has 4 aliphatic rings. The number of esters is 2. The second kappa shape index (κ2) is 7.45. The number of phenolic OH excluding ortho intramolecular Hbond substituents is 1. The maximum atomic E-state index is 13.4. The number of phenols is 1. The molecule has 1 aromatic carbocycles. The summed E-state index contributed by atoms with van der Waals surface area (Å²) in [6.07, 6.45) is -0.405. The minimum absolute atomic E-state index is 0.123. The number of Topliss-reactive ketones (excluding diaryl/α,β-unsaturated/α-hetero) is 1. The van der Waals surface area contributed by atoms with Crippen LogP contribution in [0, 0.1) is 22.7 Å². The molecule has 35 heavy (non-hydrogen) atoms. The normalized spacial score (nSPS) is 39.2. The summed E-state index contributed by atoms with van der Waals surface area (Å²) in [5.41, 5.74) is -0.594. The number of hydrogen-bond donors (Lipinski definition) is 2. The predicted molar refractivity (Wildman–Crippen MR) is 124 cm³/mol. The Morgan fingerprint density at radius 1 is 1.11 bits per heavy atom. The molecule has 2 aliphatic heterocycles. The van der Waals surface area contributed by atoms with E-state index >= 15 is 0 Å². The van der Waals surface area contributed by atoms with Gasteiger partial charge in [0.15, 0.2) is 11.9 Å². The second-order valence-corrected chi connectivity index (χ2v) is 11.9. The Kier molecular flexibility index (Phi) is 5.13. The van der Waals surface area contributed by atoms with Crippen LogP contribution in [0.4, 0.5) is 0 Å². The Labute approximate surface area is 204 Å². The number of aromatic hydroxyl groups is 1. The van der Waals surface area contributed by atoms with Crippen molar-refractivity contribution < 1.29 is 38.8 Å². The summed E-state index contributed by atoms with van der Waals surface area (Å²) in [4.78, 5) is 37.8. The van der Waals surface area contributed by atoms with Gasteiger partial charge in [0, 0.05) is 30.7 Å². The van der Waals surface area contributed by atoms with E-state index in [1.54, 1.807) is 0 Å². The molecule has 2 saturated carbocycles. The summed E-state index contributed by atoms with van der Waals surface area (Å²) in [7, 11) is 0. The number of ether oxygens (including phenoxy) is 3. The summed E-state index contributed by atoms with van der Waals surface area (Å²) >= 11 is 0. The van der Waals surface area contributed by atoms with Crippen molar-refractivity contribution in [1.82, 2.24) is 0 Å². The van der Waals surface area contributed by atoms with E-state index in [0.29, 0.717) is 37.0 Å². The molecule has 5 rings (SSSR count). The molecule has 2 heterocycles. The molecule has 190 valence electrons. The number of carbonyl (C=O) groups excluding carboxylic acids is 3. The maximum absolute atomic E-state index is 13.4. The highest BCUT2D eigenvalue weighted by Gasteiger charge is 2.68. The molecule has 0 unspecified atom stereocenters. The van der Waals surface area contributed by atoms with Crippen LogP contribution >= 0.6 is 0 Å². The molecule has 7 atom stereocenters. The number of aliphatic hydroxyl groups is 1. The lowest BCUT2D eigenvalue weighted by molar-refractivity contribution is -0.225. The number of benzene rings is 1. The van der Waals surface area contributed by atoms with E-state index < -0.39 is 40.6 Å². The van der Waals surface area contributed by atoms with Crippen LogP contribution in [-0.2, 0) is 31.9 Å². The smallest absolute Gasteiger partial charge is 0.342 e. The number of rotatable bonds is 1. The largest absolute Gasteiger partial charge is 0.507 e. The molecule has 2 N–H and O–H groups in total. The zero-order valence-corrected chi connectivity index (χ0v) is 21.1. The van der Waals surface area contributed by atoms with Gasteiger partial charge in [-0.05, 0) is 55.6 Å². The Balaban J connectivity index is 1.66. The average molecular weight is 487 g/mol.